The van der Waals surface area contributed by atoms with Gasteiger partial charge in [0.25, 0.3) is 23.6 Å². The van der Waals surface area contributed by atoms with Crippen LogP contribution in [-0.2, 0) is 19.2 Å². The fourth-order valence-corrected chi connectivity index (χ4v) is 6.41. The van der Waals surface area contributed by atoms with Crippen LogP contribution in [0, 0.1) is 0 Å². The standard InChI is InChI=1S/C40H28Cl6N8O6/c1-19(55)35(53-51-29-13-21(11-25(43)15-29)37(57)49-33-9-3-23(41)17-31(33)45)39(59)47-27-5-7-28(8-6-27)48-40(60)36(20(2)56)54-52-30-14-22(12-26(44)16-30)38(58)50-34-10-4-24(42)18-32(34)46/h3-18,35-36H,1-2H3,(H,47,59)(H,48,60)(H,49,57)(H,50,58). The molecule has 0 spiro atoms. The summed E-state index contributed by atoms with van der Waals surface area (Å²) in [5, 5.41) is 27.6. The van der Waals surface area contributed by atoms with E-state index in [-0.39, 0.29) is 54.0 Å². The van der Waals surface area contributed by atoms with E-state index in [2.05, 4.69) is 41.7 Å². The van der Waals surface area contributed by atoms with E-state index in [1.54, 1.807) is 12.1 Å². The number of halogens is 6. The second kappa shape index (κ2) is 20.5. The highest BCUT2D eigenvalue weighted by atomic mass is 35.5. The number of azo groups is 2. The Bertz CT molecular complexity index is 2410. The number of nitrogens with one attached hydrogen (secondary N) is 4. The van der Waals surface area contributed by atoms with E-state index >= 15 is 0 Å². The van der Waals surface area contributed by atoms with Gasteiger partial charge in [-0.3, -0.25) is 28.8 Å². The maximum absolute atomic E-state index is 13.1. The van der Waals surface area contributed by atoms with Crippen molar-refractivity contribution in [3.8, 4) is 0 Å². The Morgan fingerprint density at radius 1 is 0.450 bits per heavy atom. The molecule has 0 saturated heterocycles. The SMILES string of the molecule is CC(=O)C(N=Nc1cc(Cl)cc(C(=O)Nc2ccc(Cl)cc2Cl)c1)C(=O)Nc1ccc(NC(=O)C(N=Nc2cc(Cl)cc(C(=O)Nc3ccc(Cl)cc3Cl)c2)C(C)=O)cc1. The summed E-state index contributed by atoms with van der Waals surface area (Å²) in [4.78, 5) is 76.9. The van der Waals surface area contributed by atoms with Gasteiger partial charge in [-0.1, -0.05) is 69.6 Å². The zero-order valence-corrected chi connectivity index (χ0v) is 35.4. The summed E-state index contributed by atoms with van der Waals surface area (Å²) in [6.45, 7) is 2.30. The molecule has 4 N–H and O–H groups in total. The van der Waals surface area contributed by atoms with Gasteiger partial charge in [0.1, 0.15) is 0 Å². The van der Waals surface area contributed by atoms with Gasteiger partial charge < -0.3 is 21.3 Å². The second-order valence-electron chi connectivity index (χ2n) is 12.6. The molecule has 2 atom stereocenters. The normalized spacial score (nSPS) is 12.1. The Kier molecular flexibility index (Phi) is 15.5. The lowest BCUT2D eigenvalue weighted by Crippen LogP contribution is -2.32. The molecule has 0 aliphatic carbocycles. The number of carbonyl (C=O) groups excluding carboxylic acids is 6. The molecule has 0 fully saturated rings. The van der Waals surface area contributed by atoms with Crippen LogP contribution in [0.4, 0.5) is 34.1 Å². The number of nitrogens with zero attached hydrogens (tertiary/aromatic N) is 4. The van der Waals surface area contributed by atoms with Crippen LogP contribution in [0.15, 0.2) is 118 Å². The predicted octanol–water partition coefficient (Wildman–Crippen LogP) is 11.5. The maximum atomic E-state index is 13.1. The van der Waals surface area contributed by atoms with Gasteiger partial charge in [-0.15, -0.1) is 0 Å². The summed E-state index contributed by atoms with van der Waals surface area (Å²) in [5.74, 6) is -4.07. The molecular weight excluding hydrogens is 901 g/mol. The Labute approximate surface area is 371 Å². The lowest BCUT2D eigenvalue weighted by molar-refractivity contribution is -0.127. The highest BCUT2D eigenvalue weighted by Crippen LogP contribution is 2.30. The van der Waals surface area contributed by atoms with Crippen LogP contribution in [-0.4, -0.2) is 47.3 Å². The van der Waals surface area contributed by atoms with Gasteiger partial charge in [0.05, 0.1) is 32.8 Å². The van der Waals surface area contributed by atoms with Gasteiger partial charge >= 0.3 is 0 Å². The molecule has 2 unspecified atom stereocenters. The van der Waals surface area contributed by atoms with Gasteiger partial charge in [-0.25, -0.2) is 0 Å². The van der Waals surface area contributed by atoms with Gasteiger partial charge in [-0.2, -0.15) is 20.5 Å². The van der Waals surface area contributed by atoms with Crippen molar-refractivity contribution in [2.24, 2.45) is 20.5 Å². The van der Waals surface area contributed by atoms with E-state index in [1.807, 2.05) is 0 Å². The number of rotatable bonds is 14. The molecule has 5 aromatic carbocycles. The Morgan fingerprint density at radius 2 is 0.817 bits per heavy atom. The first kappa shape index (κ1) is 45.3. The summed E-state index contributed by atoms with van der Waals surface area (Å²) in [6.07, 6.45) is 0. The van der Waals surface area contributed by atoms with Crippen molar-refractivity contribution < 1.29 is 28.8 Å². The third kappa shape index (κ3) is 12.6. The van der Waals surface area contributed by atoms with Crippen LogP contribution in [0.5, 0.6) is 0 Å². The highest BCUT2D eigenvalue weighted by Gasteiger charge is 2.25. The van der Waals surface area contributed by atoms with Crippen molar-refractivity contribution in [2.75, 3.05) is 21.3 Å². The summed E-state index contributed by atoms with van der Waals surface area (Å²) >= 11 is 36.6. The van der Waals surface area contributed by atoms with Crippen molar-refractivity contribution in [3.63, 3.8) is 0 Å². The zero-order chi connectivity index (χ0) is 43.7. The molecule has 0 aromatic heterocycles. The maximum Gasteiger partial charge on any atom is 0.258 e. The second-order valence-corrected chi connectivity index (χ2v) is 15.1. The molecule has 0 aliphatic rings. The van der Waals surface area contributed by atoms with Crippen molar-refractivity contribution in [1.82, 2.24) is 0 Å². The van der Waals surface area contributed by atoms with Crippen molar-refractivity contribution in [2.45, 2.75) is 25.9 Å². The summed E-state index contributed by atoms with van der Waals surface area (Å²) in [5.41, 5.74) is 1.41. The fourth-order valence-electron chi connectivity index (χ4n) is 5.04. The first-order valence-electron chi connectivity index (χ1n) is 17.1. The Morgan fingerprint density at radius 3 is 1.15 bits per heavy atom. The first-order chi connectivity index (χ1) is 28.4. The molecule has 20 heteroatoms. The third-order valence-electron chi connectivity index (χ3n) is 7.91. The van der Waals surface area contributed by atoms with Gasteiger partial charge in [0.2, 0.25) is 12.1 Å². The zero-order valence-electron chi connectivity index (χ0n) is 30.9. The first-order valence-corrected chi connectivity index (χ1v) is 19.4. The topological polar surface area (TPSA) is 200 Å². The van der Waals surface area contributed by atoms with Crippen LogP contribution in [0.2, 0.25) is 30.1 Å². The number of amides is 4. The minimum Gasteiger partial charge on any atom is -0.324 e. The average molecular weight is 929 g/mol. The van der Waals surface area contributed by atoms with E-state index in [1.165, 1.54) is 84.9 Å². The van der Waals surface area contributed by atoms with E-state index in [4.69, 9.17) is 69.6 Å². The smallest absolute Gasteiger partial charge is 0.258 e. The largest absolute Gasteiger partial charge is 0.324 e. The number of anilines is 4. The van der Waals surface area contributed by atoms with Crippen molar-refractivity contribution in [3.05, 3.63) is 138 Å². The summed E-state index contributed by atoms with van der Waals surface area (Å²) in [6, 6.07) is 19.9. The quantitative estimate of drug-likeness (QED) is 0.0630. The molecular formula is C40H28Cl6N8O6. The van der Waals surface area contributed by atoms with Crippen LogP contribution < -0.4 is 21.3 Å². The minimum atomic E-state index is -1.58. The molecule has 14 nitrogen and oxygen atoms in total. The molecule has 0 saturated carbocycles. The summed E-state index contributed by atoms with van der Waals surface area (Å²) in [7, 11) is 0. The van der Waals surface area contributed by atoms with Crippen LogP contribution in [0.3, 0.4) is 0 Å². The number of hydrogen-bond acceptors (Lipinski definition) is 10. The Hall–Kier alpha value is -5.74. The van der Waals surface area contributed by atoms with Crippen LogP contribution in [0.1, 0.15) is 34.6 Å². The molecule has 5 aromatic rings. The fraction of sp³-hybridized carbons (Fsp3) is 0.100. The van der Waals surface area contributed by atoms with Crippen LogP contribution in [0.25, 0.3) is 0 Å². The van der Waals surface area contributed by atoms with Crippen molar-refractivity contribution in [1.29, 1.82) is 0 Å². The monoisotopic (exact) mass is 926 g/mol. The Balaban J connectivity index is 1.21. The number of ketones is 2. The van der Waals surface area contributed by atoms with Crippen molar-refractivity contribution >= 4 is 139 Å². The summed E-state index contributed by atoms with van der Waals surface area (Å²) < 4.78 is 0. The van der Waals surface area contributed by atoms with E-state index in [0.717, 1.165) is 13.8 Å². The third-order valence-corrected chi connectivity index (χ3v) is 9.44. The van der Waals surface area contributed by atoms with E-state index < -0.39 is 47.3 Å². The van der Waals surface area contributed by atoms with Crippen LogP contribution >= 0.6 is 69.6 Å². The molecule has 306 valence electrons. The molecule has 0 heterocycles. The number of hydrogen-bond donors (Lipinski definition) is 4. The average Bonchev–Trinajstić information content (AvgIpc) is 3.17. The molecule has 0 radical (unpaired) electrons. The van der Waals surface area contributed by atoms with Gasteiger partial charge in [0.15, 0.2) is 11.6 Å². The molecule has 5 rings (SSSR count). The molecule has 0 bridgehead atoms. The lowest BCUT2D eigenvalue weighted by atomic mass is 10.1. The van der Waals surface area contributed by atoms with Gasteiger partial charge in [-0.05, 0) is 111 Å². The van der Waals surface area contributed by atoms with Gasteiger partial charge in [0, 0.05) is 42.6 Å². The number of Topliss-reactive ketones (excluding diaryl/α,β-unsaturated/α-hetero) is 2. The van der Waals surface area contributed by atoms with E-state index in [9.17, 15) is 28.8 Å². The predicted molar refractivity (Wildman–Crippen MR) is 233 cm³/mol. The highest BCUT2D eigenvalue weighted by molar-refractivity contribution is 6.38. The van der Waals surface area contributed by atoms with E-state index in [0.29, 0.717) is 21.4 Å². The molecule has 0 aliphatic heterocycles. The lowest BCUT2D eigenvalue weighted by Gasteiger charge is -2.12. The number of benzene rings is 5. The molecule has 60 heavy (non-hydrogen) atoms. The minimum absolute atomic E-state index is 0.0816. The molecule has 4 amide bonds. The number of carbonyl (C=O) groups is 6.